The molecule has 4 aromatic rings. The Kier molecular flexibility index (Phi) is 8.76. The molecular formula is C30H28BrCl2N5O6S2. The molecule has 46 heavy (non-hydrogen) atoms. The lowest BCUT2D eigenvalue weighted by atomic mass is 9.92. The number of hydrogen-bond donors (Lipinski definition) is 0. The summed E-state index contributed by atoms with van der Waals surface area (Å²) >= 11 is 16.0. The van der Waals surface area contributed by atoms with Gasteiger partial charge in [-0.25, -0.2) is 26.7 Å². The fraction of sp³-hybridized carbons (Fsp3) is 0.267. The maximum Gasteiger partial charge on any atom is 0.260 e. The molecule has 3 heterocycles. The smallest absolute Gasteiger partial charge is 0.260 e. The predicted octanol–water partition coefficient (Wildman–Crippen LogP) is 5.29. The van der Waals surface area contributed by atoms with Crippen LogP contribution in [0.1, 0.15) is 12.5 Å². The molecule has 1 saturated heterocycles. The van der Waals surface area contributed by atoms with Gasteiger partial charge < -0.3 is 4.74 Å². The van der Waals surface area contributed by atoms with Crippen LogP contribution in [0.15, 0.2) is 87.3 Å². The molecule has 1 aromatic heterocycles. The molecule has 1 fully saturated rings. The van der Waals surface area contributed by atoms with Crippen molar-refractivity contribution in [3.63, 3.8) is 0 Å². The highest BCUT2D eigenvalue weighted by Crippen LogP contribution is 2.45. The van der Waals surface area contributed by atoms with Crippen molar-refractivity contribution in [1.82, 2.24) is 18.2 Å². The molecule has 2 aliphatic rings. The summed E-state index contributed by atoms with van der Waals surface area (Å²) < 4.78 is 65.0. The van der Waals surface area contributed by atoms with E-state index in [-0.39, 0.29) is 48.5 Å². The standard InChI is InChI=1S/C30H28BrCl2N5O6S2/c1-30(18-20-3-5-21(31)6-4-20)28(39)37(24-16-22(32)15-23(33)17-24)29-34-19-27(38(29)30)46(42,43)36-13-11-35(12-14-36)45(40,41)26-9-7-25(44-2)8-10-26/h3-10,15-17,19H,11-14,18H2,1-2H3/t30-/m1/s1. The first-order valence-electron chi connectivity index (χ1n) is 14.0. The summed E-state index contributed by atoms with van der Waals surface area (Å²) in [7, 11) is -6.62. The van der Waals surface area contributed by atoms with Crippen LogP contribution in [0.25, 0.3) is 0 Å². The number of fused-ring (bicyclic) bond motifs is 1. The molecule has 0 N–H and O–H groups in total. The van der Waals surface area contributed by atoms with Crippen molar-refractivity contribution in [3.05, 3.63) is 93.0 Å². The van der Waals surface area contributed by atoms with E-state index in [2.05, 4.69) is 20.9 Å². The first-order valence-corrected chi connectivity index (χ1v) is 18.5. The van der Waals surface area contributed by atoms with Crippen LogP contribution in [0.5, 0.6) is 5.75 Å². The van der Waals surface area contributed by atoms with E-state index in [4.69, 9.17) is 27.9 Å². The minimum atomic E-state index is -4.24. The van der Waals surface area contributed by atoms with Gasteiger partial charge in [-0.05, 0) is 67.1 Å². The molecule has 0 spiro atoms. The van der Waals surface area contributed by atoms with Crippen LogP contribution < -0.4 is 9.64 Å². The van der Waals surface area contributed by atoms with E-state index in [1.807, 2.05) is 24.3 Å². The third-order valence-electron chi connectivity index (χ3n) is 8.13. The van der Waals surface area contributed by atoms with Gasteiger partial charge in [0.1, 0.15) is 11.3 Å². The summed E-state index contributed by atoms with van der Waals surface area (Å²) in [5.74, 6) is 0.205. The van der Waals surface area contributed by atoms with E-state index in [0.29, 0.717) is 21.5 Å². The molecule has 0 unspecified atom stereocenters. The van der Waals surface area contributed by atoms with Crippen LogP contribution in [-0.4, -0.2) is 74.2 Å². The summed E-state index contributed by atoms with van der Waals surface area (Å²) in [5.41, 5.74) is -0.267. The largest absolute Gasteiger partial charge is 0.497 e. The molecule has 0 radical (unpaired) electrons. The van der Waals surface area contributed by atoms with E-state index in [1.54, 1.807) is 31.2 Å². The van der Waals surface area contributed by atoms with Crippen LogP contribution in [0.3, 0.4) is 0 Å². The first kappa shape index (κ1) is 32.9. The fourth-order valence-corrected chi connectivity index (χ4v) is 9.60. The van der Waals surface area contributed by atoms with Gasteiger partial charge in [0.2, 0.25) is 16.0 Å². The molecule has 0 saturated carbocycles. The Morgan fingerprint density at radius 1 is 0.870 bits per heavy atom. The number of amides is 1. The highest BCUT2D eigenvalue weighted by atomic mass is 79.9. The van der Waals surface area contributed by atoms with Gasteiger partial charge in [0.15, 0.2) is 5.03 Å². The summed E-state index contributed by atoms with van der Waals surface area (Å²) in [6, 6.07) is 18.1. The minimum Gasteiger partial charge on any atom is -0.497 e. The topological polar surface area (TPSA) is 122 Å². The molecule has 6 rings (SSSR count). The second kappa shape index (κ2) is 12.2. The van der Waals surface area contributed by atoms with Gasteiger partial charge in [-0.1, -0.05) is 51.3 Å². The normalized spacial score (nSPS) is 19.4. The van der Waals surface area contributed by atoms with Gasteiger partial charge in [-0.2, -0.15) is 8.61 Å². The summed E-state index contributed by atoms with van der Waals surface area (Å²) in [4.78, 5) is 20.2. The molecular weight excluding hydrogens is 741 g/mol. The van der Waals surface area contributed by atoms with Crippen molar-refractivity contribution >= 4 is 76.7 Å². The number of nitrogens with zero attached hydrogens (tertiary/aromatic N) is 5. The van der Waals surface area contributed by atoms with Crippen molar-refractivity contribution in [3.8, 4) is 5.75 Å². The Balaban J connectivity index is 1.35. The number of benzene rings is 3. The van der Waals surface area contributed by atoms with E-state index in [1.165, 1.54) is 49.6 Å². The van der Waals surface area contributed by atoms with E-state index in [9.17, 15) is 21.6 Å². The lowest BCUT2D eigenvalue weighted by Gasteiger charge is -2.34. The Morgan fingerprint density at radius 2 is 1.43 bits per heavy atom. The molecule has 0 bridgehead atoms. The van der Waals surface area contributed by atoms with Gasteiger partial charge >= 0.3 is 0 Å². The molecule has 16 heteroatoms. The number of halogens is 3. The predicted molar refractivity (Wildman–Crippen MR) is 178 cm³/mol. The maximum absolute atomic E-state index is 14.3. The molecule has 2 aliphatic heterocycles. The number of carbonyl (C=O) groups excluding carboxylic acids is 1. The molecule has 11 nitrogen and oxygen atoms in total. The second-order valence-corrected chi connectivity index (χ2v) is 16.7. The van der Waals surface area contributed by atoms with E-state index >= 15 is 0 Å². The summed E-state index contributed by atoms with van der Waals surface area (Å²) in [6.07, 6.45) is 1.39. The fourth-order valence-electron chi connectivity index (χ4n) is 5.79. The van der Waals surface area contributed by atoms with Crippen molar-refractivity contribution < 1.29 is 26.4 Å². The first-order chi connectivity index (χ1) is 21.8. The van der Waals surface area contributed by atoms with Crippen LogP contribution in [0.4, 0.5) is 11.6 Å². The summed E-state index contributed by atoms with van der Waals surface area (Å²) in [6.45, 7) is 1.37. The van der Waals surface area contributed by atoms with Crippen LogP contribution in [0, 0.1) is 0 Å². The average Bonchev–Trinajstić information content (AvgIpc) is 3.56. The van der Waals surface area contributed by atoms with Crippen molar-refractivity contribution in [2.45, 2.75) is 28.8 Å². The number of hydrogen-bond acceptors (Lipinski definition) is 7. The number of carbonyl (C=O) groups is 1. The minimum absolute atomic E-state index is 0.0587. The zero-order valence-electron chi connectivity index (χ0n) is 24.6. The molecule has 3 aromatic carbocycles. The Morgan fingerprint density at radius 3 is 2.00 bits per heavy atom. The monoisotopic (exact) mass is 767 g/mol. The van der Waals surface area contributed by atoms with Gasteiger partial charge in [-0.3, -0.25) is 9.36 Å². The second-order valence-electron chi connectivity index (χ2n) is 11.1. The zero-order chi connectivity index (χ0) is 33.0. The number of imidazole rings is 1. The Labute approximate surface area is 285 Å². The number of sulfonamides is 2. The Bertz CT molecular complexity index is 2010. The molecule has 242 valence electrons. The number of methoxy groups -OCH3 is 1. The lowest BCUT2D eigenvalue weighted by molar-refractivity contribution is -0.124. The van der Waals surface area contributed by atoms with E-state index < -0.39 is 31.5 Å². The number of rotatable bonds is 8. The van der Waals surface area contributed by atoms with E-state index in [0.717, 1.165) is 10.0 Å². The molecule has 1 amide bonds. The average molecular weight is 770 g/mol. The number of piperazine rings is 1. The SMILES string of the molecule is COc1ccc(S(=O)(=O)N2CCN(S(=O)(=O)c3cnc4n3[C@](C)(Cc3ccc(Br)cc3)C(=O)N4c3cc(Cl)cc(Cl)c3)CC2)cc1. The third-order valence-corrected chi connectivity index (χ3v) is 12.9. The van der Waals surface area contributed by atoms with Crippen LogP contribution in [0.2, 0.25) is 10.0 Å². The van der Waals surface area contributed by atoms with Crippen molar-refractivity contribution in [2.24, 2.45) is 0 Å². The molecule has 1 atom stereocenters. The number of ether oxygens (including phenoxy) is 1. The lowest BCUT2D eigenvalue weighted by Crippen LogP contribution is -2.51. The van der Waals surface area contributed by atoms with Gasteiger partial charge in [-0.15, -0.1) is 0 Å². The van der Waals surface area contributed by atoms with Gasteiger partial charge in [0.05, 0.1) is 23.9 Å². The quantitative estimate of drug-likeness (QED) is 0.239. The molecule has 0 aliphatic carbocycles. The van der Waals surface area contributed by atoms with Crippen molar-refractivity contribution in [1.29, 1.82) is 0 Å². The summed E-state index contributed by atoms with van der Waals surface area (Å²) in [5, 5.41) is 0.410. The maximum atomic E-state index is 14.3. The van der Waals surface area contributed by atoms with Gasteiger partial charge in [0.25, 0.3) is 15.9 Å². The zero-order valence-corrected chi connectivity index (χ0v) is 29.3. The third kappa shape index (κ3) is 5.74. The highest BCUT2D eigenvalue weighted by Gasteiger charge is 2.52. The Hall–Kier alpha value is -2.98. The van der Waals surface area contributed by atoms with Crippen LogP contribution in [-0.2, 0) is 36.8 Å². The number of aromatic nitrogens is 2. The highest BCUT2D eigenvalue weighted by molar-refractivity contribution is 9.10. The van der Waals surface area contributed by atoms with Crippen LogP contribution >= 0.6 is 39.1 Å². The number of anilines is 2. The van der Waals surface area contributed by atoms with Gasteiger partial charge in [0, 0.05) is 47.1 Å². The van der Waals surface area contributed by atoms with Crippen molar-refractivity contribution in [2.75, 3.05) is 38.2 Å².